The van der Waals surface area contributed by atoms with Gasteiger partial charge in [-0.1, -0.05) is 19.3 Å². The molecule has 3 rings (SSSR count). The molecule has 19 heavy (non-hydrogen) atoms. The third kappa shape index (κ3) is 3.26. The molecule has 0 atom stereocenters. The van der Waals surface area contributed by atoms with E-state index in [0.717, 1.165) is 37.7 Å². The number of likely N-dealkylation sites (tertiary alicyclic amines) is 1. The lowest BCUT2D eigenvalue weighted by molar-refractivity contribution is 0.162. The Hall–Kier alpha value is -1.10. The molecule has 2 fully saturated rings. The van der Waals surface area contributed by atoms with E-state index in [4.69, 9.17) is 0 Å². The molecule has 1 aliphatic heterocycles. The van der Waals surface area contributed by atoms with Gasteiger partial charge in [0, 0.05) is 12.5 Å². The van der Waals surface area contributed by atoms with Gasteiger partial charge >= 0.3 is 5.69 Å². The first-order chi connectivity index (χ1) is 9.31. The van der Waals surface area contributed by atoms with Gasteiger partial charge in [0.15, 0.2) is 0 Å². The van der Waals surface area contributed by atoms with Gasteiger partial charge in [-0.05, 0) is 44.7 Å². The Morgan fingerprint density at radius 2 is 1.84 bits per heavy atom. The molecule has 5 nitrogen and oxygen atoms in total. The minimum atomic E-state index is -0.181. The molecule has 1 aromatic heterocycles. The normalized spacial score (nSPS) is 23.8. The van der Waals surface area contributed by atoms with Crippen LogP contribution < -0.4 is 5.69 Å². The van der Waals surface area contributed by atoms with Gasteiger partial charge in [-0.2, -0.15) is 5.10 Å². The van der Waals surface area contributed by atoms with E-state index in [1.165, 1.54) is 38.6 Å². The van der Waals surface area contributed by atoms with Gasteiger partial charge in [-0.15, -0.1) is 0 Å². The predicted octanol–water partition coefficient (Wildman–Crippen LogP) is 1.86. The standard InChI is InChI=1S/C14H24N4O/c19-14-15-13(16-17-14)12-6-8-18(9-7-12)10-11-4-2-1-3-5-11/h11-12H,1-10H2,(H2,15,16,17,19). The van der Waals surface area contributed by atoms with Crippen LogP contribution in [0.4, 0.5) is 0 Å². The van der Waals surface area contributed by atoms with Gasteiger partial charge in [0.05, 0.1) is 0 Å². The summed E-state index contributed by atoms with van der Waals surface area (Å²) in [5, 5.41) is 6.54. The zero-order valence-corrected chi connectivity index (χ0v) is 11.5. The molecular weight excluding hydrogens is 240 g/mol. The van der Waals surface area contributed by atoms with Crippen molar-refractivity contribution >= 4 is 0 Å². The smallest absolute Gasteiger partial charge is 0.303 e. The molecule has 0 radical (unpaired) electrons. The summed E-state index contributed by atoms with van der Waals surface area (Å²) in [7, 11) is 0. The van der Waals surface area contributed by atoms with Crippen molar-refractivity contribution in [2.24, 2.45) is 5.92 Å². The van der Waals surface area contributed by atoms with Crippen LogP contribution in [0.5, 0.6) is 0 Å². The Labute approximate surface area is 113 Å². The Bertz CT molecular complexity index is 438. The topological polar surface area (TPSA) is 64.8 Å². The second-order valence-corrected chi connectivity index (χ2v) is 6.14. The third-order valence-electron chi connectivity index (χ3n) is 4.73. The van der Waals surface area contributed by atoms with Crippen molar-refractivity contribution in [1.29, 1.82) is 0 Å². The van der Waals surface area contributed by atoms with E-state index in [-0.39, 0.29) is 5.69 Å². The lowest BCUT2D eigenvalue weighted by Gasteiger charge is -2.34. The minimum Gasteiger partial charge on any atom is -0.303 e. The quantitative estimate of drug-likeness (QED) is 0.875. The number of hydrogen-bond acceptors (Lipinski definition) is 3. The highest BCUT2D eigenvalue weighted by molar-refractivity contribution is 4.96. The minimum absolute atomic E-state index is 0.181. The van der Waals surface area contributed by atoms with Crippen LogP contribution in [0.3, 0.4) is 0 Å². The molecule has 0 bridgehead atoms. The summed E-state index contributed by atoms with van der Waals surface area (Å²) >= 11 is 0. The van der Waals surface area contributed by atoms with Crippen molar-refractivity contribution in [2.45, 2.75) is 50.9 Å². The molecule has 1 aromatic rings. The van der Waals surface area contributed by atoms with E-state index in [9.17, 15) is 4.79 Å². The predicted molar refractivity (Wildman–Crippen MR) is 74.2 cm³/mol. The molecule has 1 saturated carbocycles. The van der Waals surface area contributed by atoms with E-state index < -0.39 is 0 Å². The van der Waals surface area contributed by atoms with Gasteiger partial charge in [-0.25, -0.2) is 9.89 Å². The highest BCUT2D eigenvalue weighted by Crippen LogP contribution is 2.28. The van der Waals surface area contributed by atoms with Gasteiger partial charge in [0.2, 0.25) is 0 Å². The fourth-order valence-electron chi connectivity index (χ4n) is 3.60. The molecule has 1 saturated heterocycles. The van der Waals surface area contributed by atoms with Crippen LogP contribution in [-0.4, -0.2) is 39.7 Å². The van der Waals surface area contributed by atoms with E-state index in [0.29, 0.717) is 5.92 Å². The van der Waals surface area contributed by atoms with Crippen LogP contribution in [-0.2, 0) is 0 Å². The van der Waals surface area contributed by atoms with Crippen LogP contribution in [0.1, 0.15) is 56.7 Å². The molecule has 0 spiro atoms. The highest BCUT2D eigenvalue weighted by Gasteiger charge is 2.25. The van der Waals surface area contributed by atoms with E-state index >= 15 is 0 Å². The zero-order chi connectivity index (χ0) is 13.1. The number of nitrogens with one attached hydrogen (secondary N) is 2. The van der Waals surface area contributed by atoms with Crippen LogP contribution in [0.25, 0.3) is 0 Å². The summed E-state index contributed by atoms with van der Waals surface area (Å²) in [5.74, 6) is 2.21. The summed E-state index contributed by atoms with van der Waals surface area (Å²) in [6.07, 6.45) is 9.37. The summed E-state index contributed by atoms with van der Waals surface area (Å²) in [6, 6.07) is 0. The molecule has 106 valence electrons. The first-order valence-electron chi connectivity index (χ1n) is 7.68. The number of H-pyrrole nitrogens is 2. The maximum absolute atomic E-state index is 11.1. The number of hydrogen-bond donors (Lipinski definition) is 2. The van der Waals surface area contributed by atoms with Gasteiger partial charge in [-0.3, -0.25) is 4.98 Å². The average Bonchev–Trinajstić information content (AvgIpc) is 2.87. The van der Waals surface area contributed by atoms with Crippen LogP contribution in [0.2, 0.25) is 0 Å². The fourth-order valence-corrected chi connectivity index (χ4v) is 3.60. The first kappa shape index (κ1) is 12.9. The second kappa shape index (κ2) is 5.90. The maximum Gasteiger partial charge on any atom is 0.340 e. The van der Waals surface area contributed by atoms with Crippen molar-refractivity contribution in [2.75, 3.05) is 19.6 Å². The molecule has 1 aliphatic carbocycles. The van der Waals surface area contributed by atoms with Crippen molar-refractivity contribution in [1.82, 2.24) is 20.1 Å². The number of aromatic nitrogens is 3. The van der Waals surface area contributed by atoms with Crippen LogP contribution in [0, 0.1) is 5.92 Å². The summed E-state index contributed by atoms with van der Waals surface area (Å²) in [6.45, 7) is 3.58. The molecule has 2 N–H and O–H groups in total. The molecule has 0 aromatic carbocycles. The number of aromatic amines is 2. The van der Waals surface area contributed by atoms with Crippen molar-refractivity contribution in [3.05, 3.63) is 16.3 Å². The van der Waals surface area contributed by atoms with Gasteiger partial charge < -0.3 is 4.90 Å². The molecule has 2 heterocycles. The van der Waals surface area contributed by atoms with Gasteiger partial charge in [0.25, 0.3) is 0 Å². The summed E-state index contributed by atoms with van der Waals surface area (Å²) < 4.78 is 0. The Morgan fingerprint density at radius 3 is 2.47 bits per heavy atom. The summed E-state index contributed by atoms with van der Waals surface area (Å²) in [4.78, 5) is 16.5. The van der Waals surface area contributed by atoms with Crippen molar-refractivity contribution in [3.8, 4) is 0 Å². The lowest BCUT2D eigenvalue weighted by Crippen LogP contribution is -2.37. The Kier molecular flexibility index (Phi) is 4.01. The summed E-state index contributed by atoms with van der Waals surface area (Å²) in [5.41, 5.74) is -0.181. The zero-order valence-electron chi connectivity index (χ0n) is 11.5. The monoisotopic (exact) mass is 264 g/mol. The number of nitrogens with zero attached hydrogens (tertiary/aromatic N) is 2. The molecule has 0 amide bonds. The Balaban J connectivity index is 1.47. The average molecular weight is 264 g/mol. The lowest BCUT2D eigenvalue weighted by atomic mass is 9.88. The fraction of sp³-hybridized carbons (Fsp3) is 0.857. The largest absolute Gasteiger partial charge is 0.340 e. The Morgan fingerprint density at radius 1 is 1.11 bits per heavy atom. The SMILES string of the molecule is O=c1[nH]nc(C2CCN(CC3CCCCC3)CC2)[nH]1. The van der Waals surface area contributed by atoms with Crippen LogP contribution >= 0.6 is 0 Å². The van der Waals surface area contributed by atoms with Crippen molar-refractivity contribution < 1.29 is 0 Å². The van der Waals surface area contributed by atoms with E-state index in [2.05, 4.69) is 20.1 Å². The number of piperidine rings is 1. The molecule has 0 unspecified atom stereocenters. The van der Waals surface area contributed by atoms with Crippen LogP contribution in [0.15, 0.2) is 4.79 Å². The highest BCUT2D eigenvalue weighted by atomic mass is 16.1. The molecule has 2 aliphatic rings. The van der Waals surface area contributed by atoms with Crippen molar-refractivity contribution in [3.63, 3.8) is 0 Å². The molecular formula is C14H24N4O. The maximum atomic E-state index is 11.1. The molecule has 5 heteroatoms. The first-order valence-corrected chi connectivity index (χ1v) is 7.68. The van der Waals surface area contributed by atoms with Gasteiger partial charge in [0.1, 0.15) is 5.82 Å². The third-order valence-corrected chi connectivity index (χ3v) is 4.73. The van der Waals surface area contributed by atoms with E-state index in [1.807, 2.05) is 0 Å². The second-order valence-electron chi connectivity index (χ2n) is 6.14. The van der Waals surface area contributed by atoms with E-state index in [1.54, 1.807) is 0 Å². The number of rotatable bonds is 3.